The van der Waals surface area contributed by atoms with Crippen LogP contribution in [0.25, 0.3) is 0 Å². The van der Waals surface area contributed by atoms with Crippen LogP contribution in [0, 0.1) is 0 Å². The summed E-state index contributed by atoms with van der Waals surface area (Å²) in [6.45, 7) is 0. The summed E-state index contributed by atoms with van der Waals surface area (Å²) in [5.41, 5.74) is 2.22. The van der Waals surface area contributed by atoms with Crippen molar-refractivity contribution in [1.29, 1.82) is 0 Å². The molecule has 4 rings (SSSR count). The molecule has 1 aliphatic heterocycles. The Kier molecular flexibility index (Phi) is 5.72. The van der Waals surface area contributed by atoms with E-state index in [-0.39, 0.29) is 17.1 Å². The summed E-state index contributed by atoms with van der Waals surface area (Å²) in [7, 11) is 0. The van der Waals surface area contributed by atoms with Crippen LogP contribution in [0.2, 0.25) is 0 Å². The highest BCUT2D eigenvalue weighted by Gasteiger charge is 2.38. The van der Waals surface area contributed by atoms with E-state index in [4.69, 9.17) is 0 Å². The highest BCUT2D eigenvalue weighted by atomic mass is 32.2. The Hall–Kier alpha value is -3.38. The maximum Gasteiger partial charge on any atom is 0.251 e. The number of aliphatic imine (C=N–C) groups is 1. The Morgan fingerprint density at radius 2 is 1.45 bits per heavy atom. The van der Waals surface area contributed by atoms with Gasteiger partial charge in [0.1, 0.15) is 6.04 Å². The molecule has 0 aromatic heterocycles. The minimum absolute atomic E-state index is 0.281. The first kappa shape index (κ1) is 19.0. The zero-order valence-corrected chi connectivity index (χ0v) is 16.3. The largest absolute Gasteiger partial charge is 0.339 e. The topological polar surface area (TPSA) is 70.6 Å². The first-order chi connectivity index (χ1) is 14.2. The molecule has 29 heavy (non-hydrogen) atoms. The lowest BCUT2D eigenvalue weighted by Gasteiger charge is -2.32. The highest BCUT2D eigenvalue weighted by molar-refractivity contribution is 8.14. The fourth-order valence-corrected chi connectivity index (χ4v) is 4.25. The number of amidine groups is 1. The number of hydrogen-bond acceptors (Lipinski definition) is 4. The molecule has 1 saturated heterocycles. The number of thioether (sulfide) groups is 1. The van der Waals surface area contributed by atoms with Gasteiger partial charge in [0, 0.05) is 5.56 Å². The summed E-state index contributed by atoms with van der Waals surface area (Å²) in [6.07, 6.45) is 0. The van der Waals surface area contributed by atoms with E-state index in [0.717, 1.165) is 11.3 Å². The Morgan fingerprint density at radius 3 is 2.10 bits per heavy atom. The van der Waals surface area contributed by atoms with Gasteiger partial charge >= 0.3 is 0 Å². The zero-order chi connectivity index (χ0) is 20.1. The van der Waals surface area contributed by atoms with E-state index < -0.39 is 6.04 Å². The molecular weight excluding hydrogens is 382 g/mol. The van der Waals surface area contributed by atoms with Crippen LogP contribution in [-0.4, -0.2) is 23.0 Å². The van der Waals surface area contributed by atoms with Crippen molar-refractivity contribution in [3.8, 4) is 0 Å². The highest BCUT2D eigenvalue weighted by Crippen LogP contribution is 2.36. The van der Waals surface area contributed by atoms with E-state index in [9.17, 15) is 9.59 Å². The number of carbonyl (C=O) groups excluding carboxylic acids is 2. The van der Waals surface area contributed by atoms with Crippen LogP contribution in [0.5, 0.6) is 0 Å². The first-order valence-corrected chi connectivity index (χ1v) is 10.1. The summed E-state index contributed by atoms with van der Waals surface area (Å²) in [6, 6.07) is 27.3. The fourth-order valence-electron chi connectivity index (χ4n) is 3.07. The average molecular weight is 401 g/mol. The molecule has 0 unspecified atom stereocenters. The van der Waals surface area contributed by atoms with Gasteiger partial charge in [-0.25, -0.2) is 4.99 Å². The Morgan fingerprint density at radius 1 is 0.862 bits per heavy atom. The van der Waals surface area contributed by atoms with Crippen molar-refractivity contribution in [3.63, 3.8) is 0 Å². The van der Waals surface area contributed by atoms with Crippen molar-refractivity contribution in [2.45, 2.75) is 11.3 Å². The van der Waals surface area contributed by atoms with Gasteiger partial charge in [-0.3, -0.25) is 9.59 Å². The van der Waals surface area contributed by atoms with E-state index in [1.165, 1.54) is 11.8 Å². The molecule has 5 nitrogen and oxygen atoms in total. The molecule has 2 amide bonds. The number of nitrogens with zero attached hydrogens (tertiary/aromatic N) is 1. The fraction of sp³-hybridized carbons (Fsp3) is 0.0870. The van der Waals surface area contributed by atoms with Crippen LogP contribution >= 0.6 is 11.8 Å². The normalized spacial score (nSPS) is 20.1. The van der Waals surface area contributed by atoms with E-state index in [1.807, 2.05) is 66.7 Å². The van der Waals surface area contributed by atoms with E-state index >= 15 is 0 Å². The van der Waals surface area contributed by atoms with E-state index in [0.29, 0.717) is 10.7 Å². The van der Waals surface area contributed by atoms with Crippen molar-refractivity contribution in [1.82, 2.24) is 10.6 Å². The minimum Gasteiger partial charge on any atom is -0.339 e. The molecule has 1 aliphatic rings. The second-order valence-electron chi connectivity index (χ2n) is 6.51. The van der Waals surface area contributed by atoms with E-state index in [1.54, 1.807) is 24.3 Å². The molecule has 3 aromatic carbocycles. The average Bonchev–Trinajstić information content (AvgIpc) is 2.77. The maximum absolute atomic E-state index is 12.9. The van der Waals surface area contributed by atoms with Gasteiger partial charge in [0.05, 0.1) is 10.9 Å². The lowest BCUT2D eigenvalue weighted by atomic mass is 10.0. The molecule has 0 aliphatic carbocycles. The summed E-state index contributed by atoms with van der Waals surface area (Å²) < 4.78 is 0. The Labute approximate surface area is 173 Å². The van der Waals surface area contributed by atoms with Crippen molar-refractivity contribution in [2.24, 2.45) is 4.99 Å². The monoisotopic (exact) mass is 401 g/mol. The minimum atomic E-state index is -0.718. The molecule has 144 valence electrons. The Balaban J connectivity index is 1.63. The van der Waals surface area contributed by atoms with Gasteiger partial charge in [-0.05, 0) is 29.8 Å². The third-order valence-corrected chi connectivity index (χ3v) is 5.71. The Bertz CT molecular complexity index is 1020. The summed E-state index contributed by atoms with van der Waals surface area (Å²) in [5, 5.41) is 5.94. The zero-order valence-electron chi connectivity index (χ0n) is 15.5. The van der Waals surface area contributed by atoms with Crippen molar-refractivity contribution in [3.05, 3.63) is 102 Å². The van der Waals surface area contributed by atoms with Crippen molar-refractivity contribution >= 4 is 34.4 Å². The molecule has 1 fully saturated rings. The quantitative estimate of drug-likeness (QED) is 0.692. The smallest absolute Gasteiger partial charge is 0.251 e. The van der Waals surface area contributed by atoms with Crippen LogP contribution < -0.4 is 10.6 Å². The number of hydrogen-bond donors (Lipinski definition) is 2. The van der Waals surface area contributed by atoms with Gasteiger partial charge in [0.15, 0.2) is 5.17 Å². The molecule has 0 saturated carbocycles. The molecule has 6 heteroatoms. The summed E-state index contributed by atoms with van der Waals surface area (Å²) in [5.74, 6) is -0.563. The molecule has 3 aromatic rings. The van der Waals surface area contributed by atoms with Gasteiger partial charge < -0.3 is 10.6 Å². The molecule has 0 bridgehead atoms. The number of amides is 2. The molecular formula is C23H19N3O2S. The molecule has 2 N–H and O–H groups in total. The van der Waals surface area contributed by atoms with Gasteiger partial charge in [0.25, 0.3) is 5.91 Å². The number of para-hydroxylation sites is 1. The second-order valence-corrected chi connectivity index (χ2v) is 7.64. The molecule has 0 spiro atoms. The lowest BCUT2D eigenvalue weighted by molar-refractivity contribution is -0.121. The van der Waals surface area contributed by atoms with Crippen LogP contribution in [0.1, 0.15) is 21.2 Å². The standard InChI is InChI=1S/C23H19N3O2S/c27-21(17-12-6-2-7-13-17)25-19-20(16-10-4-1-5-11-16)29-23(26-22(19)28)24-18-14-8-3-9-15-18/h1-15,19-20H,(H,25,27)(H,24,26,28)/t19-,20-/m1/s1. The van der Waals surface area contributed by atoms with Crippen molar-refractivity contribution in [2.75, 3.05) is 0 Å². The lowest BCUT2D eigenvalue weighted by Crippen LogP contribution is -2.54. The van der Waals surface area contributed by atoms with Gasteiger partial charge in [-0.1, -0.05) is 78.5 Å². The number of benzene rings is 3. The van der Waals surface area contributed by atoms with Gasteiger partial charge in [-0.15, -0.1) is 0 Å². The third-order valence-electron chi connectivity index (χ3n) is 4.49. The summed E-state index contributed by atoms with van der Waals surface area (Å²) in [4.78, 5) is 30.2. The predicted octanol–water partition coefficient (Wildman–Crippen LogP) is 4.08. The molecule has 2 atom stereocenters. The van der Waals surface area contributed by atoms with Crippen LogP contribution in [0.3, 0.4) is 0 Å². The number of nitrogens with one attached hydrogen (secondary N) is 2. The first-order valence-electron chi connectivity index (χ1n) is 9.23. The third kappa shape index (κ3) is 4.55. The van der Waals surface area contributed by atoms with Crippen molar-refractivity contribution < 1.29 is 9.59 Å². The SMILES string of the molecule is O=C(N[C@H]1C(=O)NC(=Nc2ccccc2)S[C@@H]1c1ccccc1)c1ccccc1. The number of carbonyl (C=O) groups is 2. The second kappa shape index (κ2) is 8.75. The van der Waals surface area contributed by atoms with Gasteiger partial charge in [0.2, 0.25) is 5.91 Å². The maximum atomic E-state index is 12.9. The number of rotatable bonds is 4. The molecule has 0 radical (unpaired) electrons. The van der Waals surface area contributed by atoms with Gasteiger partial charge in [-0.2, -0.15) is 0 Å². The van der Waals surface area contributed by atoms with Crippen LogP contribution in [0.4, 0.5) is 5.69 Å². The van der Waals surface area contributed by atoms with Crippen LogP contribution in [-0.2, 0) is 4.79 Å². The summed E-state index contributed by atoms with van der Waals surface area (Å²) >= 11 is 1.43. The molecule has 1 heterocycles. The van der Waals surface area contributed by atoms with Crippen LogP contribution in [0.15, 0.2) is 96.0 Å². The predicted molar refractivity (Wildman–Crippen MR) is 116 cm³/mol. The van der Waals surface area contributed by atoms with E-state index in [2.05, 4.69) is 15.6 Å².